The third-order valence-electron chi connectivity index (χ3n) is 3.96. The summed E-state index contributed by atoms with van der Waals surface area (Å²) in [6.45, 7) is 2.91. The summed E-state index contributed by atoms with van der Waals surface area (Å²) in [6.07, 6.45) is 2.77. The molecule has 0 unspecified atom stereocenters. The number of nitrogens with one attached hydrogen (secondary N) is 1. The van der Waals surface area contributed by atoms with Gasteiger partial charge in [-0.2, -0.15) is 0 Å². The fourth-order valence-electron chi connectivity index (χ4n) is 2.84. The molecule has 1 saturated heterocycles. The molecule has 0 bridgehead atoms. The fraction of sp³-hybridized carbons (Fsp3) is 0.500. The number of carbonyl (C=O) groups is 1. The van der Waals surface area contributed by atoms with E-state index in [9.17, 15) is 4.79 Å². The number of methoxy groups -OCH3 is 1. The topological polar surface area (TPSA) is 80.2 Å². The van der Waals surface area contributed by atoms with Crippen LogP contribution >= 0.6 is 11.3 Å². The van der Waals surface area contributed by atoms with Gasteiger partial charge in [0.15, 0.2) is 0 Å². The van der Waals surface area contributed by atoms with Crippen molar-refractivity contribution >= 4 is 28.2 Å². The Morgan fingerprint density at radius 1 is 1.46 bits per heavy atom. The Balaban J connectivity index is 1.75. The van der Waals surface area contributed by atoms with Crippen LogP contribution in [0.3, 0.4) is 0 Å². The van der Waals surface area contributed by atoms with Gasteiger partial charge in [-0.25, -0.2) is 4.98 Å². The molecular formula is C16H21N5O2S. The van der Waals surface area contributed by atoms with Crippen LogP contribution in [0.5, 0.6) is 0 Å². The highest BCUT2D eigenvalue weighted by molar-refractivity contribution is 7.15. The fourth-order valence-corrected chi connectivity index (χ4v) is 3.53. The molecule has 2 aromatic rings. The molecule has 3 heterocycles. The van der Waals surface area contributed by atoms with Crippen LogP contribution in [0, 0.1) is 0 Å². The molecule has 1 aliphatic heterocycles. The van der Waals surface area contributed by atoms with Crippen molar-refractivity contribution in [2.45, 2.75) is 32.2 Å². The molecule has 2 aromatic heterocycles. The molecule has 1 N–H and O–H groups in total. The van der Waals surface area contributed by atoms with Crippen molar-refractivity contribution in [1.29, 1.82) is 0 Å². The Morgan fingerprint density at radius 3 is 3.08 bits per heavy atom. The minimum atomic E-state index is 0.00928. The minimum absolute atomic E-state index is 0.00928. The van der Waals surface area contributed by atoms with E-state index in [1.54, 1.807) is 7.11 Å². The lowest BCUT2D eigenvalue weighted by Gasteiger charge is -2.24. The smallest absolute Gasteiger partial charge is 0.249 e. The van der Waals surface area contributed by atoms with Crippen molar-refractivity contribution in [1.82, 2.24) is 20.1 Å². The predicted molar refractivity (Wildman–Crippen MR) is 92.4 cm³/mol. The zero-order valence-corrected chi connectivity index (χ0v) is 14.7. The number of aromatic nitrogens is 3. The highest BCUT2D eigenvalue weighted by Crippen LogP contribution is 2.31. The zero-order chi connectivity index (χ0) is 16.9. The summed E-state index contributed by atoms with van der Waals surface area (Å²) >= 11 is 1.52. The van der Waals surface area contributed by atoms with Crippen molar-refractivity contribution in [2.75, 3.05) is 25.6 Å². The molecule has 1 amide bonds. The molecule has 8 heteroatoms. The van der Waals surface area contributed by atoms with Gasteiger partial charge in [0, 0.05) is 13.7 Å². The first-order valence-corrected chi connectivity index (χ1v) is 8.87. The zero-order valence-electron chi connectivity index (χ0n) is 13.9. The second-order valence-corrected chi connectivity index (χ2v) is 6.67. The minimum Gasteiger partial charge on any atom is -0.375 e. The first kappa shape index (κ1) is 16.8. The van der Waals surface area contributed by atoms with Gasteiger partial charge in [-0.05, 0) is 31.4 Å². The highest BCUT2D eigenvalue weighted by atomic mass is 32.1. The van der Waals surface area contributed by atoms with Crippen LogP contribution in [0.25, 0.3) is 0 Å². The monoisotopic (exact) mass is 347 g/mol. The van der Waals surface area contributed by atoms with Crippen LogP contribution < -0.4 is 5.32 Å². The Morgan fingerprint density at radius 2 is 2.33 bits per heavy atom. The summed E-state index contributed by atoms with van der Waals surface area (Å²) < 4.78 is 4.98. The molecule has 1 fully saturated rings. The molecule has 1 aliphatic rings. The summed E-state index contributed by atoms with van der Waals surface area (Å²) in [5.41, 5.74) is 0.891. The number of aryl methyl sites for hydroxylation is 1. The van der Waals surface area contributed by atoms with E-state index in [4.69, 9.17) is 4.74 Å². The van der Waals surface area contributed by atoms with Gasteiger partial charge < -0.3 is 15.0 Å². The van der Waals surface area contributed by atoms with E-state index in [1.807, 2.05) is 23.1 Å². The molecule has 7 nitrogen and oxygen atoms in total. The first-order valence-electron chi connectivity index (χ1n) is 8.06. The second-order valence-electron chi connectivity index (χ2n) is 5.61. The summed E-state index contributed by atoms with van der Waals surface area (Å²) in [7, 11) is 1.54. The quantitative estimate of drug-likeness (QED) is 0.865. The molecule has 0 aromatic carbocycles. The van der Waals surface area contributed by atoms with Crippen molar-refractivity contribution in [3.8, 4) is 0 Å². The molecule has 0 radical (unpaired) electrons. The molecule has 128 valence electrons. The Hall–Kier alpha value is -2.06. The largest absolute Gasteiger partial charge is 0.375 e. The molecule has 1 atom stereocenters. The summed E-state index contributed by atoms with van der Waals surface area (Å²) in [5.74, 6) is 0.731. The number of rotatable bonds is 6. The van der Waals surface area contributed by atoms with Crippen LogP contribution in [0.2, 0.25) is 0 Å². The normalized spacial score (nSPS) is 17.2. The maximum Gasteiger partial charge on any atom is 0.249 e. The molecule has 0 spiro atoms. The SMILES string of the molecule is CCc1nnc(Nc2cccc([C@@H]3CCCN3C(=O)COC)n2)s1. The van der Waals surface area contributed by atoms with Crippen LogP contribution in [0.15, 0.2) is 18.2 Å². The maximum atomic E-state index is 12.2. The average Bonchev–Trinajstić information content (AvgIpc) is 3.24. The van der Waals surface area contributed by atoms with Crippen molar-refractivity contribution in [3.63, 3.8) is 0 Å². The van der Waals surface area contributed by atoms with Gasteiger partial charge in [-0.1, -0.05) is 24.3 Å². The van der Waals surface area contributed by atoms with E-state index in [-0.39, 0.29) is 18.6 Å². The van der Waals surface area contributed by atoms with Gasteiger partial charge in [0.25, 0.3) is 0 Å². The lowest BCUT2D eigenvalue weighted by Crippen LogP contribution is -2.33. The van der Waals surface area contributed by atoms with Gasteiger partial charge in [0.05, 0.1) is 11.7 Å². The third kappa shape index (κ3) is 3.70. The van der Waals surface area contributed by atoms with Crippen LogP contribution in [0.1, 0.15) is 36.5 Å². The number of hydrogen-bond acceptors (Lipinski definition) is 7. The van der Waals surface area contributed by atoms with Crippen molar-refractivity contribution < 1.29 is 9.53 Å². The van der Waals surface area contributed by atoms with Crippen molar-refractivity contribution in [2.24, 2.45) is 0 Å². The first-order chi connectivity index (χ1) is 11.7. The van der Waals surface area contributed by atoms with Gasteiger partial charge >= 0.3 is 0 Å². The summed E-state index contributed by atoms with van der Waals surface area (Å²) in [6, 6.07) is 5.82. The highest BCUT2D eigenvalue weighted by Gasteiger charge is 2.30. The average molecular weight is 347 g/mol. The van der Waals surface area contributed by atoms with Crippen LogP contribution in [-0.2, 0) is 16.0 Å². The molecule has 0 saturated carbocycles. The lowest BCUT2D eigenvalue weighted by molar-refractivity contribution is -0.136. The van der Waals surface area contributed by atoms with E-state index < -0.39 is 0 Å². The van der Waals surface area contributed by atoms with Crippen molar-refractivity contribution in [3.05, 3.63) is 28.9 Å². The Bertz CT molecular complexity index is 705. The van der Waals surface area contributed by atoms with E-state index >= 15 is 0 Å². The van der Waals surface area contributed by atoms with Gasteiger partial charge in [0.1, 0.15) is 17.4 Å². The van der Waals surface area contributed by atoms with E-state index in [0.717, 1.165) is 47.5 Å². The van der Waals surface area contributed by atoms with E-state index in [0.29, 0.717) is 0 Å². The Labute approximate surface area is 145 Å². The number of anilines is 2. The molecular weight excluding hydrogens is 326 g/mol. The van der Waals surface area contributed by atoms with E-state index in [1.165, 1.54) is 11.3 Å². The number of pyridine rings is 1. The lowest BCUT2D eigenvalue weighted by atomic mass is 10.1. The van der Waals surface area contributed by atoms with Crippen LogP contribution in [0.4, 0.5) is 10.9 Å². The van der Waals surface area contributed by atoms with E-state index in [2.05, 4.69) is 27.4 Å². The van der Waals surface area contributed by atoms with Gasteiger partial charge in [-0.15, -0.1) is 10.2 Å². The number of amides is 1. The number of likely N-dealkylation sites (tertiary alicyclic amines) is 1. The van der Waals surface area contributed by atoms with Gasteiger partial charge in [-0.3, -0.25) is 4.79 Å². The molecule has 0 aliphatic carbocycles. The number of hydrogen-bond donors (Lipinski definition) is 1. The molecule has 24 heavy (non-hydrogen) atoms. The van der Waals surface area contributed by atoms with Gasteiger partial charge in [0.2, 0.25) is 11.0 Å². The third-order valence-corrected chi connectivity index (χ3v) is 4.94. The van der Waals surface area contributed by atoms with Crippen LogP contribution in [-0.4, -0.2) is 46.2 Å². The molecule has 3 rings (SSSR count). The maximum absolute atomic E-state index is 12.2. The summed E-state index contributed by atoms with van der Waals surface area (Å²) in [5, 5.41) is 13.1. The predicted octanol–water partition coefficient (Wildman–Crippen LogP) is 2.55. The summed E-state index contributed by atoms with van der Waals surface area (Å²) in [4.78, 5) is 18.7. The standard InChI is InChI=1S/C16H21N5O2S/c1-3-14-19-20-16(24-14)18-13-8-4-6-11(17-13)12-7-5-9-21(12)15(22)10-23-2/h4,6,8,12H,3,5,7,9-10H2,1-2H3,(H,17,18,20)/t12-/m0/s1. The number of ether oxygens (including phenoxy) is 1. The number of nitrogens with zero attached hydrogens (tertiary/aromatic N) is 4. The number of carbonyl (C=O) groups excluding carboxylic acids is 1. The Kier molecular flexibility index (Phi) is 5.37. The second kappa shape index (κ2) is 7.67.